The fourth-order valence-corrected chi connectivity index (χ4v) is 3.25. The number of likely N-dealkylation sites (N-methyl/N-ethyl adjacent to an activating group) is 1. The Morgan fingerprint density at radius 1 is 1.48 bits per heavy atom. The van der Waals surface area contributed by atoms with Gasteiger partial charge in [0.25, 0.3) is 0 Å². The monoisotopic (exact) mass is 373 g/mol. The highest BCUT2D eigenvalue weighted by atomic mass is 79.9. The first kappa shape index (κ1) is 16.5. The zero-order valence-electron chi connectivity index (χ0n) is 12.3. The standard InChI is InChI=1S/C15H18BrClFN3/c1-4-21-14(15(17)9(2)20-21)8-13(19-3)11-6-5-10(18)7-12(11)16/h5-7,13,19H,4,8H2,1-3H3. The lowest BCUT2D eigenvalue weighted by molar-refractivity contribution is 0.538. The zero-order chi connectivity index (χ0) is 15.6. The summed E-state index contributed by atoms with van der Waals surface area (Å²) >= 11 is 9.79. The maximum atomic E-state index is 13.2. The Labute approximate surface area is 137 Å². The Kier molecular flexibility index (Phi) is 5.41. The van der Waals surface area contributed by atoms with Gasteiger partial charge in [-0.25, -0.2) is 4.39 Å². The summed E-state index contributed by atoms with van der Waals surface area (Å²) in [7, 11) is 1.88. The molecule has 2 rings (SSSR count). The van der Waals surface area contributed by atoms with Gasteiger partial charge in [-0.2, -0.15) is 5.10 Å². The molecule has 1 aromatic carbocycles. The third-order valence-electron chi connectivity index (χ3n) is 3.54. The minimum Gasteiger partial charge on any atom is -0.313 e. The van der Waals surface area contributed by atoms with Crippen LogP contribution in [0.2, 0.25) is 5.02 Å². The lowest BCUT2D eigenvalue weighted by Crippen LogP contribution is -2.21. The molecule has 0 aliphatic heterocycles. The van der Waals surface area contributed by atoms with E-state index in [2.05, 4.69) is 26.3 Å². The molecule has 3 nitrogen and oxygen atoms in total. The molecule has 1 N–H and O–H groups in total. The lowest BCUT2D eigenvalue weighted by Gasteiger charge is -2.19. The second-order valence-electron chi connectivity index (χ2n) is 4.87. The van der Waals surface area contributed by atoms with E-state index >= 15 is 0 Å². The number of nitrogens with zero attached hydrogens (tertiary/aromatic N) is 2. The van der Waals surface area contributed by atoms with Crippen LogP contribution < -0.4 is 5.32 Å². The van der Waals surface area contributed by atoms with Crippen LogP contribution >= 0.6 is 27.5 Å². The van der Waals surface area contributed by atoms with Gasteiger partial charge in [-0.1, -0.05) is 33.6 Å². The topological polar surface area (TPSA) is 29.9 Å². The predicted molar refractivity (Wildman–Crippen MR) is 87.3 cm³/mol. The average Bonchev–Trinajstić information content (AvgIpc) is 2.72. The van der Waals surface area contributed by atoms with Gasteiger partial charge < -0.3 is 5.32 Å². The molecule has 6 heteroatoms. The van der Waals surface area contributed by atoms with Crippen molar-refractivity contribution in [3.63, 3.8) is 0 Å². The highest BCUT2D eigenvalue weighted by Gasteiger charge is 2.20. The number of rotatable bonds is 5. The molecule has 0 fully saturated rings. The Balaban J connectivity index is 2.35. The molecular formula is C15H18BrClFN3. The summed E-state index contributed by atoms with van der Waals surface area (Å²) < 4.78 is 15.9. The van der Waals surface area contributed by atoms with Crippen molar-refractivity contribution < 1.29 is 4.39 Å². The Bertz CT molecular complexity index is 642. The second-order valence-corrected chi connectivity index (χ2v) is 6.11. The first-order valence-electron chi connectivity index (χ1n) is 6.81. The van der Waals surface area contributed by atoms with Gasteiger partial charge in [-0.15, -0.1) is 0 Å². The smallest absolute Gasteiger partial charge is 0.124 e. The molecule has 21 heavy (non-hydrogen) atoms. The molecule has 114 valence electrons. The van der Waals surface area contributed by atoms with Crippen LogP contribution in [-0.2, 0) is 13.0 Å². The highest BCUT2D eigenvalue weighted by Crippen LogP contribution is 2.30. The maximum Gasteiger partial charge on any atom is 0.124 e. The van der Waals surface area contributed by atoms with Crippen LogP contribution in [0.4, 0.5) is 4.39 Å². The molecule has 2 aromatic rings. The first-order valence-corrected chi connectivity index (χ1v) is 7.99. The minimum atomic E-state index is -0.257. The van der Waals surface area contributed by atoms with Crippen LogP contribution in [0.25, 0.3) is 0 Å². The Morgan fingerprint density at radius 2 is 2.19 bits per heavy atom. The summed E-state index contributed by atoms with van der Waals surface area (Å²) in [5.74, 6) is -0.257. The third-order valence-corrected chi connectivity index (χ3v) is 4.72. The van der Waals surface area contributed by atoms with Crippen LogP contribution in [0.5, 0.6) is 0 Å². The van der Waals surface area contributed by atoms with Crippen molar-refractivity contribution in [3.05, 3.63) is 50.5 Å². The number of hydrogen-bond donors (Lipinski definition) is 1. The predicted octanol–water partition coefficient (Wildman–Crippen LogP) is 4.27. The third kappa shape index (κ3) is 3.47. The van der Waals surface area contributed by atoms with Crippen LogP contribution in [-0.4, -0.2) is 16.8 Å². The number of nitrogens with one attached hydrogen (secondary N) is 1. The van der Waals surface area contributed by atoms with Gasteiger partial charge in [-0.3, -0.25) is 4.68 Å². The van der Waals surface area contributed by atoms with E-state index in [1.165, 1.54) is 12.1 Å². The van der Waals surface area contributed by atoms with Crippen molar-refractivity contribution >= 4 is 27.5 Å². The fraction of sp³-hybridized carbons (Fsp3) is 0.400. The number of hydrogen-bond acceptors (Lipinski definition) is 2. The van der Waals surface area contributed by atoms with Crippen LogP contribution in [0.3, 0.4) is 0 Å². The van der Waals surface area contributed by atoms with E-state index in [9.17, 15) is 4.39 Å². The van der Waals surface area contributed by atoms with E-state index < -0.39 is 0 Å². The van der Waals surface area contributed by atoms with E-state index in [1.807, 2.05) is 25.6 Å². The minimum absolute atomic E-state index is 0.0267. The lowest BCUT2D eigenvalue weighted by atomic mass is 10.0. The molecule has 0 aliphatic rings. The summed E-state index contributed by atoms with van der Waals surface area (Å²) in [5.41, 5.74) is 2.82. The Hall–Kier alpha value is -0.910. The molecule has 1 heterocycles. The van der Waals surface area contributed by atoms with Crippen molar-refractivity contribution in [1.29, 1.82) is 0 Å². The number of aryl methyl sites for hydroxylation is 2. The molecule has 1 aromatic heterocycles. The molecule has 0 radical (unpaired) electrons. The quantitative estimate of drug-likeness (QED) is 0.847. The van der Waals surface area contributed by atoms with Crippen molar-refractivity contribution in [3.8, 4) is 0 Å². The Morgan fingerprint density at radius 3 is 2.76 bits per heavy atom. The van der Waals surface area contributed by atoms with E-state index in [4.69, 9.17) is 11.6 Å². The van der Waals surface area contributed by atoms with Gasteiger partial charge in [0, 0.05) is 23.5 Å². The van der Waals surface area contributed by atoms with Gasteiger partial charge in [0.1, 0.15) is 5.82 Å². The molecule has 1 unspecified atom stereocenters. The summed E-state index contributed by atoms with van der Waals surface area (Å²) in [5, 5.41) is 8.40. The number of aromatic nitrogens is 2. The van der Waals surface area contributed by atoms with Gasteiger partial charge >= 0.3 is 0 Å². The highest BCUT2D eigenvalue weighted by molar-refractivity contribution is 9.10. The first-order chi connectivity index (χ1) is 9.97. The molecule has 0 amide bonds. The normalized spacial score (nSPS) is 12.7. The van der Waals surface area contributed by atoms with Crippen molar-refractivity contribution in [2.45, 2.75) is 32.9 Å². The number of benzene rings is 1. The van der Waals surface area contributed by atoms with Gasteiger partial charge in [-0.05, 0) is 38.6 Å². The molecule has 1 atom stereocenters. The fourth-order valence-electron chi connectivity index (χ4n) is 2.41. The van der Waals surface area contributed by atoms with Crippen molar-refractivity contribution in [2.75, 3.05) is 7.05 Å². The van der Waals surface area contributed by atoms with Gasteiger partial charge in [0.2, 0.25) is 0 Å². The van der Waals surface area contributed by atoms with Gasteiger partial charge in [0.05, 0.1) is 16.4 Å². The van der Waals surface area contributed by atoms with Crippen LogP contribution in [0.15, 0.2) is 22.7 Å². The second kappa shape index (κ2) is 6.90. The van der Waals surface area contributed by atoms with Crippen molar-refractivity contribution in [1.82, 2.24) is 15.1 Å². The summed E-state index contributed by atoms with van der Waals surface area (Å²) in [6, 6.07) is 4.75. The molecule has 0 bridgehead atoms. The van der Waals surface area contributed by atoms with Crippen molar-refractivity contribution in [2.24, 2.45) is 0 Å². The van der Waals surface area contributed by atoms with E-state index in [-0.39, 0.29) is 11.9 Å². The van der Waals surface area contributed by atoms with E-state index in [0.29, 0.717) is 11.4 Å². The van der Waals surface area contributed by atoms with E-state index in [1.54, 1.807) is 6.07 Å². The molecule has 0 aliphatic carbocycles. The summed E-state index contributed by atoms with van der Waals surface area (Å²) in [6.45, 7) is 4.71. The molecular weight excluding hydrogens is 357 g/mol. The molecule has 0 saturated carbocycles. The van der Waals surface area contributed by atoms with Crippen LogP contribution in [0.1, 0.15) is 29.9 Å². The molecule has 0 spiro atoms. The largest absolute Gasteiger partial charge is 0.313 e. The van der Waals surface area contributed by atoms with E-state index in [0.717, 1.165) is 28.0 Å². The van der Waals surface area contributed by atoms with Gasteiger partial charge in [0.15, 0.2) is 0 Å². The summed E-state index contributed by atoms with van der Waals surface area (Å²) in [4.78, 5) is 0. The summed E-state index contributed by atoms with van der Waals surface area (Å²) in [6.07, 6.45) is 0.689. The average molecular weight is 375 g/mol. The SMILES string of the molecule is CCn1nc(C)c(Cl)c1CC(NC)c1ccc(F)cc1Br. The van der Waals surface area contributed by atoms with Crippen LogP contribution in [0, 0.1) is 12.7 Å². The number of halogens is 3. The zero-order valence-corrected chi connectivity index (χ0v) is 14.6. The maximum absolute atomic E-state index is 13.2. The molecule has 0 saturated heterocycles.